The molecule has 3 aromatic carbocycles. The summed E-state index contributed by atoms with van der Waals surface area (Å²) in [7, 11) is 0. The number of pyridine rings is 1. The number of benzene rings is 3. The van der Waals surface area contributed by atoms with Crippen LogP contribution >= 0.6 is 11.8 Å². The maximum atomic E-state index is 6.13. The van der Waals surface area contributed by atoms with Gasteiger partial charge in [0.15, 0.2) is 0 Å². The molecule has 0 saturated carbocycles. The molecule has 2 aromatic heterocycles. The second-order valence-corrected chi connectivity index (χ2v) is 9.94. The van der Waals surface area contributed by atoms with E-state index < -0.39 is 0 Å². The van der Waals surface area contributed by atoms with Gasteiger partial charge in [-0.05, 0) is 84.1 Å². The Morgan fingerprint density at radius 1 is 0.861 bits per heavy atom. The van der Waals surface area contributed by atoms with Crippen molar-refractivity contribution in [2.24, 2.45) is 0 Å². The Bertz CT molecular complexity index is 1410. The highest BCUT2D eigenvalue weighted by Crippen LogP contribution is 2.25. The van der Waals surface area contributed by atoms with Crippen LogP contribution in [-0.4, -0.2) is 31.7 Å². The molecule has 1 atom stereocenters. The van der Waals surface area contributed by atoms with Gasteiger partial charge in [0.05, 0.1) is 17.3 Å². The van der Waals surface area contributed by atoms with Crippen molar-refractivity contribution in [3.8, 4) is 5.75 Å². The molecule has 1 N–H and O–H groups in total. The second kappa shape index (κ2) is 11.8. The molecule has 0 aliphatic heterocycles. The SMILES string of the molecule is CC(CCc1nnn[nH]1)Oc1cccc(CCc2cccc(SCc3ccc4ccccc4n3)c2)c1. The Balaban J connectivity index is 1.13. The lowest BCUT2D eigenvalue weighted by Gasteiger charge is -2.15. The largest absolute Gasteiger partial charge is 0.491 e. The van der Waals surface area contributed by atoms with E-state index in [9.17, 15) is 0 Å². The maximum Gasteiger partial charge on any atom is 0.148 e. The monoisotopic (exact) mass is 495 g/mol. The summed E-state index contributed by atoms with van der Waals surface area (Å²) in [5, 5.41) is 15.1. The van der Waals surface area contributed by atoms with Crippen LogP contribution in [0.2, 0.25) is 0 Å². The normalized spacial score (nSPS) is 12.0. The number of hydrogen-bond donors (Lipinski definition) is 1. The lowest BCUT2D eigenvalue weighted by molar-refractivity contribution is 0.210. The van der Waals surface area contributed by atoms with Crippen molar-refractivity contribution in [3.63, 3.8) is 0 Å². The second-order valence-electron chi connectivity index (χ2n) is 8.89. The van der Waals surface area contributed by atoms with Crippen LogP contribution in [-0.2, 0) is 25.0 Å². The summed E-state index contributed by atoms with van der Waals surface area (Å²) in [6.45, 7) is 2.08. The van der Waals surface area contributed by atoms with Crippen LogP contribution in [0.3, 0.4) is 0 Å². The summed E-state index contributed by atoms with van der Waals surface area (Å²) >= 11 is 1.83. The molecule has 6 nitrogen and oxygen atoms in total. The molecule has 36 heavy (non-hydrogen) atoms. The fraction of sp³-hybridized carbons (Fsp3) is 0.241. The first kappa shape index (κ1) is 24.0. The highest BCUT2D eigenvalue weighted by Gasteiger charge is 2.08. The summed E-state index contributed by atoms with van der Waals surface area (Å²) in [5.41, 5.74) is 4.77. The van der Waals surface area contributed by atoms with Gasteiger partial charge in [0.25, 0.3) is 0 Å². The fourth-order valence-corrected chi connectivity index (χ4v) is 5.00. The van der Waals surface area contributed by atoms with Crippen LogP contribution in [0.25, 0.3) is 10.9 Å². The zero-order valence-electron chi connectivity index (χ0n) is 20.3. The first-order valence-corrected chi connectivity index (χ1v) is 13.2. The minimum Gasteiger partial charge on any atom is -0.491 e. The van der Waals surface area contributed by atoms with E-state index in [1.54, 1.807) is 0 Å². The van der Waals surface area contributed by atoms with Crippen LogP contribution < -0.4 is 4.74 Å². The van der Waals surface area contributed by atoms with Gasteiger partial charge >= 0.3 is 0 Å². The summed E-state index contributed by atoms with van der Waals surface area (Å²) in [4.78, 5) is 6.07. The van der Waals surface area contributed by atoms with E-state index in [0.717, 1.165) is 54.2 Å². The van der Waals surface area contributed by atoms with Crippen LogP contribution in [0.1, 0.15) is 36.0 Å². The van der Waals surface area contributed by atoms with E-state index in [-0.39, 0.29) is 6.10 Å². The molecular formula is C29H29N5OS. The Hall–Kier alpha value is -3.71. The summed E-state index contributed by atoms with van der Waals surface area (Å²) < 4.78 is 6.13. The Morgan fingerprint density at radius 3 is 2.56 bits per heavy atom. The predicted molar refractivity (Wildman–Crippen MR) is 144 cm³/mol. The number of rotatable bonds is 11. The average molecular weight is 496 g/mol. The molecule has 182 valence electrons. The van der Waals surface area contributed by atoms with E-state index in [2.05, 4.69) is 94.3 Å². The van der Waals surface area contributed by atoms with Crippen molar-refractivity contribution < 1.29 is 4.74 Å². The van der Waals surface area contributed by atoms with E-state index in [1.807, 2.05) is 30.0 Å². The highest BCUT2D eigenvalue weighted by atomic mass is 32.2. The molecule has 1 unspecified atom stereocenters. The minimum atomic E-state index is 0.0798. The van der Waals surface area contributed by atoms with Crippen molar-refractivity contribution in [1.29, 1.82) is 0 Å². The number of hydrogen-bond acceptors (Lipinski definition) is 6. The molecule has 5 aromatic rings. The van der Waals surface area contributed by atoms with E-state index >= 15 is 0 Å². The maximum absolute atomic E-state index is 6.13. The third-order valence-electron chi connectivity index (χ3n) is 6.06. The average Bonchev–Trinajstić information content (AvgIpc) is 3.44. The summed E-state index contributed by atoms with van der Waals surface area (Å²) in [5.74, 6) is 2.55. The van der Waals surface area contributed by atoms with Crippen LogP contribution in [0.4, 0.5) is 0 Å². The Kier molecular flexibility index (Phi) is 7.88. The third kappa shape index (κ3) is 6.70. The first-order valence-electron chi connectivity index (χ1n) is 12.3. The molecule has 2 heterocycles. The van der Waals surface area contributed by atoms with Gasteiger partial charge in [-0.3, -0.25) is 4.98 Å². The number of thioether (sulfide) groups is 1. The fourth-order valence-electron chi connectivity index (χ4n) is 4.12. The van der Waals surface area contributed by atoms with Crippen molar-refractivity contribution in [2.75, 3.05) is 0 Å². The topological polar surface area (TPSA) is 76.6 Å². The third-order valence-corrected chi connectivity index (χ3v) is 7.08. The molecule has 0 aliphatic rings. The predicted octanol–water partition coefficient (Wildman–Crippen LogP) is 6.23. The number of ether oxygens (including phenoxy) is 1. The number of nitrogens with one attached hydrogen (secondary N) is 1. The van der Waals surface area contributed by atoms with Gasteiger partial charge in [-0.25, -0.2) is 5.10 Å². The molecule has 0 spiro atoms. The van der Waals surface area contributed by atoms with Gasteiger partial charge < -0.3 is 4.74 Å². The van der Waals surface area contributed by atoms with Crippen LogP contribution in [0.5, 0.6) is 5.75 Å². The van der Waals surface area contributed by atoms with Crippen LogP contribution in [0.15, 0.2) is 89.8 Å². The van der Waals surface area contributed by atoms with Gasteiger partial charge in [0.2, 0.25) is 0 Å². The van der Waals surface area contributed by atoms with Gasteiger partial charge in [-0.15, -0.1) is 16.9 Å². The van der Waals surface area contributed by atoms with Crippen molar-refractivity contribution in [3.05, 3.63) is 108 Å². The van der Waals surface area contributed by atoms with E-state index in [1.165, 1.54) is 21.4 Å². The quantitative estimate of drug-likeness (QED) is 0.219. The molecule has 0 radical (unpaired) electrons. The van der Waals surface area contributed by atoms with Crippen LogP contribution in [0, 0.1) is 0 Å². The Labute approximate surface area is 215 Å². The van der Waals surface area contributed by atoms with Crippen molar-refractivity contribution in [1.82, 2.24) is 25.6 Å². The number of aryl methyl sites for hydroxylation is 3. The zero-order chi connectivity index (χ0) is 24.6. The van der Waals surface area contributed by atoms with Crippen molar-refractivity contribution in [2.45, 2.75) is 49.4 Å². The summed E-state index contributed by atoms with van der Waals surface area (Å²) in [6, 6.07) is 29.8. The van der Waals surface area contributed by atoms with Gasteiger partial charge in [0, 0.05) is 22.5 Å². The highest BCUT2D eigenvalue weighted by molar-refractivity contribution is 7.98. The standard InChI is InChI=1S/C29H29N5OS/c1-21(12-17-29-31-33-34-32-29)35-26-9-4-6-22(18-26)13-14-23-7-5-10-27(19-23)36-20-25-16-15-24-8-2-3-11-28(24)30-25/h2-11,15-16,18-19,21H,12-14,17,20H2,1H3,(H,31,32,33,34). The number of para-hydroxylation sites is 1. The number of aromatic amines is 1. The zero-order valence-corrected chi connectivity index (χ0v) is 21.1. The molecule has 5 rings (SSSR count). The minimum absolute atomic E-state index is 0.0798. The summed E-state index contributed by atoms with van der Waals surface area (Å²) in [6.07, 6.45) is 3.64. The number of fused-ring (bicyclic) bond motifs is 1. The molecule has 0 amide bonds. The molecule has 0 bridgehead atoms. The van der Waals surface area contributed by atoms with E-state index in [0.29, 0.717) is 0 Å². The number of tetrazole rings is 1. The Morgan fingerprint density at radius 2 is 1.69 bits per heavy atom. The lowest BCUT2D eigenvalue weighted by Crippen LogP contribution is -2.13. The lowest BCUT2D eigenvalue weighted by atomic mass is 10.0. The number of nitrogens with zero attached hydrogens (tertiary/aromatic N) is 4. The number of H-pyrrole nitrogens is 1. The smallest absolute Gasteiger partial charge is 0.148 e. The van der Waals surface area contributed by atoms with Gasteiger partial charge in [0.1, 0.15) is 11.6 Å². The van der Waals surface area contributed by atoms with E-state index in [4.69, 9.17) is 9.72 Å². The molecule has 0 fully saturated rings. The van der Waals surface area contributed by atoms with Crippen molar-refractivity contribution >= 4 is 22.7 Å². The van der Waals surface area contributed by atoms with Gasteiger partial charge in [-0.1, -0.05) is 48.5 Å². The van der Waals surface area contributed by atoms with Gasteiger partial charge in [-0.2, -0.15) is 0 Å². The molecular weight excluding hydrogens is 466 g/mol. The molecule has 0 aliphatic carbocycles. The first-order chi connectivity index (χ1) is 17.7. The molecule has 7 heteroatoms. The molecule has 0 saturated heterocycles. The number of aromatic nitrogens is 5.